The van der Waals surface area contributed by atoms with E-state index < -0.39 is 0 Å². The lowest BCUT2D eigenvalue weighted by Gasteiger charge is -2.29. The Morgan fingerprint density at radius 3 is 2.76 bits per heavy atom. The summed E-state index contributed by atoms with van der Waals surface area (Å²) in [5, 5.41) is 19.0. The molecule has 0 spiro atoms. The van der Waals surface area contributed by atoms with Crippen LogP contribution in [0, 0.1) is 28.6 Å². The molecule has 0 radical (unpaired) electrons. The highest BCUT2D eigenvalue weighted by atomic mass is 32.2. The highest BCUT2D eigenvalue weighted by molar-refractivity contribution is 8.03. The molecule has 0 amide bonds. The van der Waals surface area contributed by atoms with Crippen LogP contribution in [0.4, 0.5) is 5.95 Å². The summed E-state index contributed by atoms with van der Waals surface area (Å²) < 4.78 is 0. The van der Waals surface area contributed by atoms with Gasteiger partial charge in [-0.1, -0.05) is 27.2 Å². The molecular formula is C30H45N7S. The van der Waals surface area contributed by atoms with Crippen LogP contribution in [0.25, 0.3) is 5.57 Å². The maximum Gasteiger partial charge on any atom is 0.225 e. The lowest BCUT2D eigenvalue weighted by atomic mass is 9.75. The van der Waals surface area contributed by atoms with E-state index >= 15 is 0 Å². The summed E-state index contributed by atoms with van der Waals surface area (Å²) in [5.74, 6) is 0.507. The quantitative estimate of drug-likeness (QED) is 0.431. The van der Waals surface area contributed by atoms with Gasteiger partial charge in [0.15, 0.2) is 0 Å². The lowest BCUT2D eigenvalue weighted by molar-refractivity contribution is 0.273. The van der Waals surface area contributed by atoms with Crippen molar-refractivity contribution in [2.24, 2.45) is 17.6 Å². The molecule has 4 heterocycles. The van der Waals surface area contributed by atoms with Crippen molar-refractivity contribution in [2.75, 3.05) is 31.1 Å². The predicted octanol–water partition coefficient (Wildman–Crippen LogP) is 6.00. The first-order chi connectivity index (χ1) is 18.5. The van der Waals surface area contributed by atoms with Crippen LogP contribution >= 0.6 is 11.8 Å². The molecule has 3 unspecified atom stereocenters. The average molecular weight is 536 g/mol. The standard InChI is InChI=1S/C28H39N7S.C2H6/c1-3-7-20(26(30)21-9-4-10-24-25(21)22(16-29)27(31)36-24)18(2)23-11-12-32-28(33-23)35-15-6-14-34-13-5-8-19(34)17-35;1-2/h11-12,19,21-22,27,30H,3-10,13-15,17,31H2,1-2H3;1-2H3/b20-18+,30-26?;/t19?,21-,22?,27?;/m0./s1. The number of anilines is 1. The van der Waals surface area contributed by atoms with Crippen LogP contribution in [0.2, 0.25) is 0 Å². The van der Waals surface area contributed by atoms with Gasteiger partial charge in [0.1, 0.15) is 0 Å². The van der Waals surface area contributed by atoms with E-state index in [4.69, 9.17) is 10.7 Å². The first-order valence-corrected chi connectivity index (χ1v) is 15.6. The fourth-order valence-corrected chi connectivity index (χ4v) is 7.91. The lowest BCUT2D eigenvalue weighted by Crippen LogP contribution is -2.37. The molecule has 206 valence electrons. The number of fused-ring (bicyclic) bond motifs is 1. The third-order valence-electron chi connectivity index (χ3n) is 8.41. The largest absolute Gasteiger partial charge is 0.339 e. The van der Waals surface area contributed by atoms with E-state index in [1.807, 2.05) is 26.1 Å². The zero-order chi connectivity index (χ0) is 27.2. The molecule has 2 saturated heterocycles. The molecule has 5 rings (SSSR count). The molecule has 1 aliphatic carbocycles. The number of nitrogens with two attached hydrogens (primary N) is 1. The van der Waals surface area contributed by atoms with Crippen molar-refractivity contribution in [1.82, 2.24) is 14.9 Å². The maximum absolute atomic E-state index is 9.85. The minimum absolute atomic E-state index is 0.0174. The molecule has 1 aromatic rings. The Morgan fingerprint density at radius 2 is 2.00 bits per heavy atom. The molecule has 8 heteroatoms. The van der Waals surface area contributed by atoms with Crippen LogP contribution in [0.15, 0.2) is 28.3 Å². The molecule has 1 aromatic heterocycles. The summed E-state index contributed by atoms with van der Waals surface area (Å²) in [6.45, 7) is 12.7. The summed E-state index contributed by atoms with van der Waals surface area (Å²) in [6.07, 6.45) is 10.3. The first kappa shape index (κ1) is 28.8. The topological polar surface area (TPSA) is 106 Å². The second-order valence-corrected chi connectivity index (χ2v) is 11.9. The molecule has 0 bridgehead atoms. The number of allylic oxidation sites excluding steroid dienone is 3. The third kappa shape index (κ3) is 5.85. The Balaban J connectivity index is 0.00000164. The molecular weight excluding hydrogens is 490 g/mol. The fourth-order valence-electron chi connectivity index (χ4n) is 6.57. The molecule has 4 atom stereocenters. The zero-order valence-corrected chi connectivity index (χ0v) is 24.5. The summed E-state index contributed by atoms with van der Waals surface area (Å²) in [5.41, 5.74) is 11.2. The Labute approximate surface area is 233 Å². The molecule has 4 aliphatic rings. The van der Waals surface area contributed by atoms with Gasteiger partial charge in [-0.25, -0.2) is 9.97 Å². The number of thioether (sulfide) groups is 1. The normalized spacial score (nSPS) is 27.9. The van der Waals surface area contributed by atoms with Crippen molar-refractivity contribution in [3.63, 3.8) is 0 Å². The number of rotatable bonds is 6. The van der Waals surface area contributed by atoms with Gasteiger partial charge in [0, 0.05) is 43.5 Å². The van der Waals surface area contributed by atoms with E-state index in [0.29, 0.717) is 11.8 Å². The SMILES string of the molecule is CC.CCC/C(C(=N)[C@H]1CCCC2=C1C(C#N)C(N)S2)=C(/C)c1ccnc(N2CCCN3CCCC3C2)n1. The van der Waals surface area contributed by atoms with E-state index in [1.165, 1.54) is 30.8 Å². The highest BCUT2D eigenvalue weighted by Gasteiger charge is 2.41. The molecule has 7 nitrogen and oxygen atoms in total. The van der Waals surface area contributed by atoms with Crippen molar-refractivity contribution >= 4 is 29.0 Å². The second-order valence-electron chi connectivity index (χ2n) is 10.7. The van der Waals surface area contributed by atoms with Gasteiger partial charge in [-0.3, -0.25) is 4.90 Å². The van der Waals surface area contributed by atoms with Crippen molar-refractivity contribution in [2.45, 2.75) is 90.5 Å². The Morgan fingerprint density at radius 1 is 1.21 bits per heavy atom. The van der Waals surface area contributed by atoms with E-state index in [2.05, 4.69) is 34.7 Å². The molecule has 2 fully saturated rings. The average Bonchev–Trinajstić information content (AvgIpc) is 3.47. The smallest absolute Gasteiger partial charge is 0.225 e. The molecule has 3 N–H and O–H groups in total. The molecule has 38 heavy (non-hydrogen) atoms. The number of nitrogens with one attached hydrogen (secondary N) is 1. The Hall–Kier alpha value is -2.21. The summed E-state index contributed by atoms with van der Waals surface area (Å²) in [6, 6.07) is 5.05. The van der Waals surface area contributed by atoms with E-state index in [9.17, 15) is 10.7 Å². The number of nitrogens with zero attached hydrogens (tertiary/aromatic N) is 5. The summed E-state index contributed by atoms with van der Waals surface area (Å²) >= 11 is 1.65. The van der Waals surface area contributed by atoms with Gasteiger partial charge in [-0.15, -0.1) is 11.8 Å². The molecule has 3 aliphatic heterocycles. The van der Waals surface area contributed by atoms with Crippen LogP contribution < -0.4 is 10.6 Å². The van der Waals surface area contributed by atoms with Crippen LogP contribution in [-0.2, 0) is 0 Å². The first-order valence-electron chi connectivity index (χ1n) is 14.7. The number of aromatic nitrogens is 2. The monoisotopic (exact) mass is 535 g/mol. The Bertz CT molecular complexity index is 1100. The van der Waals surface area contributed by atoms with E-state index in [-0.39, 0.29) is 17.2 Å². The zero-order valence-electron chi connectivity index (χ0n) is 23.7. The number of hydrogen-bond donors (Lipinski definition) is 2. The van der Waals surface area contributed by atoms with E-state index in [0.717, 1.165) is 80.0 Å². The minimum atomic E-state index is -0.289. The van der Waals surface area contributed by atoms with Crippen molar-refractivity contribution in [3.8, 4) is 6.07 Å². The van der Waals surface area contributed by atoms with Crippen molar-refractivity contribution in [3.05, 3.63) is 34.0 Å². The highest BCUT2D eigenvalue weighted by Crippen LogP contribution is 2.50. The molecule has 0 aromatic carbocycles. The fraction of sp³-hybridized carbons (Fsp3) is 0.667. The van der Waals surface area contributed by atoms with Gasteiger partial charge in [-0.05, 0) is 86.1 Å². The summed E-state index contributed by atoms with van der Waals surface area (Å²) in [7, 11) is 0. The maximum atomic E-state index is 9.85. The third-order valence-corrected chi connectivity index (χ3v) is 9.68. The van der Waals surface area contributed by atoms with Crippen LogP contribution in [0.5, 0.6) is 0 Å². The summed E-state index contributed by atoms with van der Waals surface area (Å²) in [4.78, 5) is 16.0. The van der Waals surface area contributed by atoms with Gasteiger partial charge >= 0.3 is 0 Å². The van der Waals surface area contributed by atoms with Gasteiger partial charge < -0.3 is 16.0 Å². The van der Waals surface area contributed by atoms with E-state index in [1.54, 1.807) is 11.8 Å². The number of hydrogen-bond acceptors (Lipinski definition) is 8. The van der Waals surface area contributed by atoms with Crippen LogP contribution in [0.1, 0.15) is 84.8 Å². The van der Waals surface area contributed by atoms with Crippen LogP contribution in [0.3, 0.4) is 0 Å². The van der Waals surface area contributed by atoms with Gasteiger partial charge in [-0.2, -0.15) is 5.26 Å². The predicted molar refractivity (Wildman–Crippen MR) is 159 cm³/mol. The van der Waals surface area contributed by atoms with Gasteiger partial charge in [0.2, 0.25) is 5.95 Å². The van der Waals surface area contributed by atoms with Gasteiger partial charge in [0.25, 0.3) is 0 Å². The second kappa shape index (κ2) is 13.2. The minimum Gasteiger partial charge on any atom is -0.339 e. The van der Waals surface area contributed by atoms with Crippen molar-refractivity contribution < 1.29 is 0 Å². The van der Waals surface area contributed by atoms with Crippen molar-refractivity contribution in [1.29, 1.82) is 10.7 Å². The molecule has 0 saturated carbocycles. The van der Waals surface area contributed by atoms with Gasteiger partial charge in [0.05, 0.1) is 23.1 Å². The Kier molecular flexibility index (Phi) is 10.0. The van der Waals surface area contributed by atoms with Crippen LogP contribution in [-0.4, -0.2) is 58.2 Å². The number of nitriles is 1.